The van der Waals surface area contributed by atoms with Gasteiger partial charge in [-0.1, -0.05) is 40.0 Å². The molecular weight excluding hydrogens is 182 g/mol. The van der Waals surface area contributed by atoms with Crippen LogP contribution >= 0.6 is 0 Å². The first-order valence-corrected chi connectivity index (χ1v) is 6.99. The summed E-state index contributed by atoms with van der Waals surface area (Å²) in [6.45, 7) is 8.27. The fourth-order valence-corrected chi connectivity index (χ4v) is 2.67. The molecule has 0 bridgehead atoms. The fourth-order valence-electron chi connectivity index (χ4n) is 2.67. The van der Waals surface area contributed by atoms with Crippen LogP contribution in [0.25, 0.3) is 0 Å². The molecule has 1 N–H and O–H groups in total. The van der Waals surface area contributed by atoms with E-state index in [-0.39, 0.29) is 0 Å². The average Bonchev–Trinajstić information content (AvgIpc) is 2.65. The zero-order valence-corrected chi connectivity index (χ0v) is 10.9. The zero-order valence-electron chi connectivity index (χ0n) is 10.9. The molecule has 1 fully saturated rings. The molecular formula is C14H29N. The highest BCUT2D eigenvalue weighted by Crippen LogP contribution is 2.25. The second kappa shape index (κ2) is 7.27. The Hall–Kier alpha value is -0.0400. The molecule has 0 aromatic heterocycles. The Kier molecular flexibility index (Phi) is 6.31. The molecule has 1 saturated carbocycles. The third-order valence-corrected chi connectivity index (χ3v) is 3.93. The normalized spacial score (nSPS) is 28.2. The lowest BCUT2D eigenvalue weighted by molar-refractivity contribution is 0.385. The van der Waals surface area contributed by atoms with E-state index in [1.165, 1.54) is 51.5 Å². The summed E-state index contributed by atoms with van der Waals surface area (Å²) in [5, 5.41) is 3.77. The van der Waals surface area contributed by atoms with E-state index in [2.05, 4.69) is 26.1 Å². The summed E-state index contributed by atoms with van der Waals surface area (Å²) in [7, 11) is 0. The molecule has 0 amide bonds. The smallest absolute Gasteiger partial charge is 0.00698 e. The lowest BCUT2D eigenvalue weighted by Gasteiger charge is -2.19. The first kappa shape index (κ1) is 13.0. The summed E-state index contributed by atoms with van der Waals surface area (Å²) < 4.78 is 0. The summed E-state index contributed by atoms with van der Waals surface area (Å²) in [6.07, 6.45) is 9.76. The van der Waals surface area contributed by atoms with Gasteiger partial charge in [0.15, 0.2) is 0 Å². The fraction of sp³-hybridized carbons (Fsp3) is 1.00. The lowest BCUT2D eigenvalue weighted by atomic mass is 9.99. The van der Waals surface area contributed by atoms with Crippen molar-refractivity contribution < 1.29 is 0 Å². The van der Waals surface area contributed by atoms with E-state index in [4.69, 9.17) is 0 Å². The summed E-state index contributed by atoms with van der Waals surface area (Å²) >= 11 is 0. The maximum atomic E-state index is 3.77. The predicted molar refractivity (Wildman–Crippen MR) is 68.1 cm³/mol. The van der Waals surface area contributed by atoms with Gasteiger partial charge >= 0.3 is 0 Å². The molecule has 0 spiro atoms. The minimum Gasteiger partial charge on any atom is -0.314 e. The van der Waals surface area contributed by atoms with Crippen LogP contribution in [0.4, 0.5) is 0 Å². The first-order chi connectivity index (χ1) is 7.26. The van der Waals surface area contributed by atoms with E-state index in [9.17, 15) is 0 Å². The summed E-state index contributed by atoms with van der Waals surface area (Å²) in [5.41, 5.74) is 0. The van der Waals surface area contributed by atoms with Gasteiger partial charge in [0.05, 0.1) is 0 Å². The van der Waals surface area contributed by atoms with Crippen LogP contribution in [-0.4, -0.2) is 12.6 Å². The summed E-state index contributed by atoms with van der Waals surface area (Å²) in [5.74, 6) is 1.87. The van der Waals surface area contributed by atoms with E-state index in [1.54, 1.807) is 0 Å². The number of unbranched alkanes of at least 4 members (excludes halogenated alkanes) is 1. The highest BCUT2D eigenvalue weighted by molar-refractivity contribution is 4.79. The van der Waals surface area contributed by atoms with Gasteiger partial charge < -0.3 is 5.32 Å². The van der Waals surface area contributed by atoms with Gasteiger partial charge in [-0.2, -0.15) is 0 Å². The van der Waals surface area contributed by atoms with Gasteiger partial charge in [0.2, 0.25) is 0 Å². The van der Waals surface area contributed by atoms with Crippen LogP contribution in [0.1, 0.15) is 65.7 Å². The monoisotopic (exact) mass is 211 g/mol. The van der Waals surface area contributed by atoms with Crippen molar-refractivity contribution >= 4 is 0 Å². The van der Waals surface area contributed by atoms with Gasteiger partial charge in [-0.3, -0.25) is 0 Å². The molecule has 1 rings (SSSR count). The van der Waals surface area contributed by atoms with Crippen LogP contribution in [0.3, 0.4) is 0 Å². The first-order valence-electron chi connectivity index (χ1n) is 6.99. The van der Waals surface area contributed by atoms with Gasteiger partial charge in [0, 0.05) is 6.04 Å². The van der Waals surface area contributed by atoms with Crippen molar-refractivity contribution in [3.8, 4) is 0 Å². The van der Waals surface area contributed by atoms with Crippen LogP contribution < -0.4 is 5.32 Å². The Labute approximate surface area is 96.0 Å². The number of hydrogen-bond acceptors (Lipinski definition) is 1. The highest BCUT2D eigenvalue weighted by atomic mass is 14.9. The molecule has 1 nitrogen and oxygen atoms in total. The van der Waals surface area contributed by atoms with Gasteiger partial charge in [-0.05, 0) is 44.1 Å². The molecule has 0 saturated heterocycles. The van der Waals surface area contributed by atoms with Crippen LogP contribution in [-0.2, 0) is 0 Å². The molecule has 1 aliphatic rings. The Balaban J connectivity index is 2.10. The third kappa shape index (κ3) is 5.01. The van der Waals surface area contributed by atoms with Crippen molar-refractivity contribution in [2.75, 3.05) is 6.54 Å². The van der Waals surface area contributed by atoms with Gasteiger partial charge in [-0.15, -0.1) is 0 Å². The van der Waals surface area contributed by atoms with E-state index in [0.29, 0.717) is 0 Å². The molecule has 3 unspecified atom stereocenters. The molecule has 1 heteroatoms. The van der Waals surface area contributed by atoms with Crippen LogP contribution in [0.15, 0.2) is 0 Å². The third-order valence-electron chi connectivity index (χ3n) is 3.93. The summed E-state index contributed by atoms with van der Waals surface area (Å²) in [4.78, 5) is 0. The van der Waals surface area contributed by atoms with Crippen LogP contribution in [0.2, 0.25) is 0 Å². The predicted octanol–water partition coefficient (Wildman–Crippen LogP) is 3.98. The number of nitrogens with one attached hydrogen (secondary N) is 1. The molecule has 0 aromatic carbocycles. The van der Waals surface area contributed by atoms with Crippen molar-refractivity contribution in [1.82, 2.24) is 5.32 Å². The quantitative estimate of drug-likeness (QED) is 0.671. The Bertz CT molecular complexity index is 155. The molecule has 0 aliphatic heterocycles. The maximum Gasteiger partial charge on any atom is 0.00698 e. The van der Waals surface area contributed by atoms with Crippen molar-refractivity contribution in [3.05, 3.63) is 0 Å². The Morgan fingerprint density at radius 3 is 2.60 bits per heavy atom. The molecule has 0 radical (unpaired) electrons. The van der Waals surface area contributed by atoms with Crippen LogP contribution in [0.5, 0.6) is 0 Å². The van der Waals surface area contributed by atoms with E-state index in [1.807, 2.05) is 0 Å². The van der Waals surface area contributed by atoms with Crippen molar-refractivity contribution in [3.63, 3.8) is 0 Å². The molecule has 1 aliphatic carbocycles. The highest BCUT2D eigenvalue weighted by Gasteiger charge is 2.21. The van der Waals surface area contributed by atoms with E-state index >= 15 is 0 Å². The molecule has 0 aromatic rings. The topological polar surface area (TPSA) is 12.0 Å². The van der Waals surface area contributed by atoms with E-state index < -0.39 is 0 Å². The number of hydrogen-bond donors (Lipinski definition) is 1. The van der Waals surface area contributed by atoms with Crippen LogP contribution in [0, 0.1) is 11.8 Å². The molecule has 15 heavy (non-hydrogen) atoms. The van der Waals surface area contributed by atoms with Crippen molar-refractivity contribution in [2.45, 2.75) is 71.8 Å². The second-order valence-electron chi connectivity index (χ2n) is 5.44. The lowest BCUT2D eigenvalue weighted by Crippen LogP contribution is -2.31. The minimum absolute atomic E-state index is 0.829. The van der Waals surface area contributed by atoms with E-state index in [0.717, 1.165) is 17.9 Å². The summed E-state index contributed by atoms with van der Waals surface area (Å²) in [6, 6.07) is 0.829. The zero-order chi connectivity index (χ0) is 11.1. The van der Waals surface area contributed by atoms with Gasteiger partial charge in [0.1, 0.15) is 0 Å². The van der Waals surface area contributed by atoms with Gasteiger partial charge in [-0.25, -0.2) is 0 Å². The SMILES string of the molecule is CCCCC(CC)CNC1CCC(C)C1. The molecule has 3 atom stereocenters. The second-order valence-corrected chi connectivity index (χ2v) is 5.44. The van der Waals surface area contributed by atoms with Crippen molar-refractivity contribution in [1.29, 1.82) is 0 Å². The average molecular weight is 211 g/mol. The van der Waals surface area contributed by atoms with Gasteiger partial charge in [0.25, 0.3) is 0 Å². The van der Waals surface area contributed by atoms with Crippen molar-refractivity contribution in [2.24, 2.45) is 11.8 Å². The Morgan fingerprint density at radius 1 is 1.27 bits per heavy atom. The number of rotatable bonds is 7. The standard InChI is InChI=1S/C14H29N/c1-4-6-7-13(5-2)11-15-14-9-8-12(3)10-14/h12-15H,4-11H2,1-3H3. The molecule has 90 valence electrons. The Morgan fingerprint density at radius 2 is 2.07 bits per heavy atom. The maximum absolute atomic E-state index is 3.77. The minimum atomic E-state index is 0.829. The largest absolute Gasteiger partial charge is 0.314 e. The molecule has 0 heterocycles.